The van der Waals surface area contributed by atoms with Crippen LogP contribution >= 0.6 is 0 Å². The van der Waals surface area contributed by atoms with Crippen molar-refractivity contribution in [1.82, 2.24) is 18.9 Å². The van der Waals surface area contributed by atoms with Crippen molar-refractivity contribution < 1.29 is 36.0 Å². The highest BCUT2D eigenvalue weighted by Crippen LogP contribution is 2.10. The van der Waals surface area contributed by atoms with E-state index in [4.69, 9.17) is 22.9 Å². The van der Waals surface area contributed by atoms with Gasteiger partial charge in [-0.2, -0.15) is 0 Å². The predicted octanol–water partition coefficient (Wildman–Crippen LogP) is 4.80. The van der Waals surface area contributed by atoms with Crippen molar-refractivity contribution in [2.45, 2.75) is 125 Å². The van der Waals surface area contributed by atoms with Crippen molar-refractivity contribution >= 4 is 67.6 Å². The summed E-state index contributed by atoms with van der Waals surface area (Å²) in [5.74, 6) is -0.160. The van der Waals surface area contributed by atoms with Crippen LogP contribution in [0.5, 0.6) is 0 Å². The molecule has 4 amide bonds. The quantitative estimate of drug-likeness (QED) is 0.0593. The molecule has 0 aliphatic carbocycles. The second-order valence-corrected chi connectivity index (χ2v) is 22.0. The molecule has 4 rings (SSSR count). The standard InChI is InChI=1S/4C12H18N2O2S/c4*1-9(2)8-11(13)12(15)14-17(16)10-6-4-3-5-7-10/h4*3-7,9,11H,8,13H2,1-2H3,(H,14,15)/t2*11-,17+;2*11-,17-/m1010/s1. The van der Waals surface area contributed by atoms with Gasteiger partial charge < -0.3 is 22.9 Å². The van der Waals surface area contributed by atoms with Gasteiger partial charge in [-0.15, -0.1) is 0 Å². The van der Waals surface area contributed by atoms with Gasteiger partial charge in [-0.1, -0.05) is 128 Å². The number of hydrogen-bond acceptors (Lipinski definition) is 12. The molecule has 0 aromatic heterocycles. The summed E-state index contributed by atoms with van der Waals surface area (Å²) in [4.78, 5) is 48.8. The van der Waals surface area contributed by atoms with Crippen LogP contribution in [0.25, 0.3) is 0 Å². The Labute approximate surface area is 413 Å². The molecule has 0 bridgehead atoms. The van der Waals surface area contributed by atoms with E-state index in [9.17, 15) is 36.0 Å². The lowest BCUT2D eigenvalue weighted by atomic mass is 10.0. The lowest BCUT2D eigenvalue weighted by Crippen LogP contribution is -2.42. The fourth-order valence-electron chi connectivity index (χ4n) is 5.54. The Hall–Kier alpha value is -4.80. The van der Waals surface area contributed by atoms with Gasteiger partial charge in [0.25, 0.3) is 0 Å². The summed E-state index contributed by atoms with van der Waals surface area (Å²) in [6.07, 6.45) is 2.32. The molecule has 376 valence electrons. The van der Waals surface area contributed by atoms with Crippen LogP contribution in [-0.2, 0) is 63.1 Å². The summed E-state index contributed by atoms with van der Waals surface area (Å²) in [5.41, 5.74) is 22.8. The van der Waals surface area contributed by atoms with Crippen molar-refractivity contribution in [3.63, 3.8) is 0 Å². The van der Waals surface area contributed by atoms with Crippen LogP contribution in [0.2, 0.25) is 0 Å². The maximum absolute atomic E-state index is 11.8. The van der Waals surface area contributed by atoms with Crippen molar-refractivity contribution in [3.8, 4) is 0 Å². The first-order valence-electron chi connectivity index (χ1n) is 22.1. The molecule has 0 saturated carbocycles. The number of carbonyl (C=O) groups excluding carboxylic acids is 4. The highest BCUT2D eigenvalue weighted by Gasteiger charge is 2.20. The Bertz CT molecular complexity index is 1880. The highest BCUT2D eigenvalue weighted by molar-refractivity contribution is 7.84. The number of benzene rings is 4. The SMILES string of the molecule is CC(C)C[C@@H](N)C(=O)N[S@@](=O)c1ccccc1.CC(C)C[C@@H](N)C(=O)N[S@](=O)c1ccccc1.CC(C)C[C@H](N)C(=O)N[S@@](=O)c1ccccc1.CC(C)C[C@H](N)C(=O)N[S@](=O)c1ccccc1. The molecule has 4 aromatic carbocycles. The molecule has 0 spiro atoms. The molecular weight excluding hydrogens is 945 g/mol. The molecule has 4 aromatic rings. The molecule has 0 radical (unpaired) electrons. The first-order chi connectivity index (χ1) is 32.0. The van der Waals surface area contributed by atoms with E-state index in [1.54, 1.807) is 97.1 Å². The molecule has 0 fully saturated rings. The van der Waals surface area contributed by atoms with Crippen molar-refractivity contribution in [2.24, 2.45) is 46.6 Å². The Morgan fingerprint density at radius 1 is 0.338 bits per heavy atom. The van der Waals surface area contributed by atoms with Gasteiger partial charge >= 0.3 is 0 Å². The number of nitrogens with two attached hydrogens (primary N) is 4. The fraction of sp³-hybridized carbons (Fsp3) is 0.417. The van der Waals surface area contributed by atoms with Gasteiger partial charge in [0.1, 0.15) is 0 Å². The number of carbonyl (C=O) groups is 4. The van der Waals surface area contributed by atoms with Crippen LogP contribution in [0.1, 0.15) is 81.1 Å². The summed E-state index contributed by atoms with van der Waals surface area (Å²) < 4.78 is 56.7. The second-order valence-electron chi connectivity index (χ2n) is 17.1. The number of amides is 4. The molecular formula is C48H72N8O8S4. The van der Waals surface area contributed by atoms with E-state index >= 15 is 0 Å². The molecule has 68 heavy (non-hydrogen) atoms. The second kappa shape index (κ2) is 33.7. The molecule has 16 nitrogen and oxygen atoms in total. The smallest absolute Gasteiger partial charge is 0.248 e. The summed E-state index contributed by atoms with van der Waals surface area (Å²) in [7, 11) is -6.11. The van der Waals surface area contributed by atoms with Gasteiger partial charge in [0, 0.05) is 0 Å². The van der Waals surface area contributed by atoms with Crippen molar-refractivity contribution in [3.05, 3.63) is 121 Å². The lowest BCUT2D eigenvalue weighted by Gasteiger charge is -2.13. The van der Waals surface area contributed by atoms with E-state index in [2.05, 4.69) is 18.9 Å². The largest absolute Gasteiger partial charge is 0.320 e. The third kappa shape index (κ3) is 26.7. The van der Waals surface area contributed by atoms with Gasteiger partial charge in [0.05, 0.1) is 43.7 Å². The van der Waals surface area contributed by atoms with E-state index in [1.165, 1.54) is 0 Å². The number of nitrogens with one attached hydrogen (secondary N) is 4. The van der Waals surface area contributed by atoms with E-state index in [0.717, 1.165) is 0 Å². The van der Waals surface area contributed by atoms with Crippen LogP contribution in [0.15, 0.2) is 141 Å². The molecule has 20 heteroatoms. The molecule has 0 aliphatic rings. The maximum Gasteiger partial charge on any atom is 0.248 e. The van der Waals surface area contributed by atoms with Gasteiger partial charge in [0.15, 0.2) is 43.9 Å². The summed E-state index contributed by atoms with van der Waals surface area (Å²) in [6.45, 7) is 15.9. The first-order valence-corrected chi connectivity index (χ1v) is 26.7. The monoisotopic (exact) mass is 1020 g/mol. The average molecular weight is 1020 g/mol. The molecule has 12 N–H and O–H groups in total. The third-order valence-electron chi connectivity index (χ3n) is 8.85. The number of hydrogen-bond donors (Lipinski definition) is 8. The molecule has 8 atom stereocenters. The van der Waals surface area contributed by atoms with Crippen LogP contribution in [0.3, 0.4) is 0 Å². The van der Waals surface area contributed by atoms with E-state index < -0.39 is 68.1 Å². The van der Waals surface area contributed by atoms with Crippen LogP contribution in [0.4, 0.5) is 0 Å². The van der Waals surface area contributed by atoms with E-state index in [-0.39, 0.29) is 23.6 Å². The zero-order chi connectivity index (χ0) is 51.3. The minimum atomic E-state index is -1.53. The minimum Gasteiger partial charge on any atom is -0.320 e. The fourth-order valence-corrected chi connectivity index (χ4v) is 8.97. The van der Waals surface area contributed by atoms with Crippen molar-refractivity contribution in [2.75, 3.05) is 0 Å². The molecule has 0 heterocycles. The van der Waals surface area contributed by atoms with Gasteiger partial charge in [-0.3, -0.25) is 38.1 Å². The van der Waals surface area contributed by atoms with Gasteiger partial charge in [-0.05, 0) is 97.9 Å². The zero-order valence-electron chi connectivity index (χ0n) is 40.2. The topological polar surface area (TPSA) is 289 Å². The minimum absolute atomic E-state index is 0.334. The summed E-state index contributed by atoms with van der Waals surface area (Å²) >= 11 is 0. The van der Waals surface area contributed by atoms with Crippen LogP contribution in [-0.4, -0.2) is 64.6 Å². The van der Waals surface area contributed by atoms with Gasteiger partial charge in [0.2, 0.25) is 23.6 Å². The molecule has 0 unspecified atom stereocenters. The predicted molar refractivity (Wildman–Crippen MR) is 274 cm³/mol. The van der Waals surface area contributed by atoms with Gasteiger partial charge in [-0.25, -0.2) is 16.8 Å². The zero-order valence-corrected chi connectivity index (χ0v) is 43.5. The molecule has 0 aliphatic heterocycles. The summed E-state index contributed by atoms with van der Waals surface area (Å²) in [5, 5.41) is 0. The Morgan fingerprint density at radius 2 is 0.485 bits per heavy atom. The van der Waals surface area contributed by atoms with E-state index in [1.807, 2.05) is 79.7 Å². The van der Waals surface area contributed by atoms with Crippen LogP contribution in [0, 0.1) is 23.7 Å². The first kappa shape index (κ1) is 61.2. The van der Waals surface area contributed by atoms with Crippen molar-refractivity contribution in [1.29, 1.82) is 0 Å². The molecule has 0 saturated heterocycles. The van der Waals surface area contributed by atoms with E-state index in [0.29, 0.717) is 68.9 Å². The Kier molecular flexibility index (Phi) is 30.3. The lowest BCUT2D eigenvalue weighted by molar-refractivity contribution is -0.121. The highest BCUT2D eigenvalue weighted by atomic mass is 32.2. The Balaban J connectivity index is 0.000000453. The third-order valence-corrected chi connectivity index (χ3v) is 13.2. The number of rotatable bonds is 20. The summed E-state index contributed by atoms with van der Waals surface area (Å²) in [6, 6.07) is 32.6. The van der Waals surface area contributed by atoms with Crippen LogP contribution < -0.4 is 41.8 Å². The average Bonchev–Trinajstić information content (AvgIpc) is 3.29. The Morgan fingerprint density at radius 3 is 0.618 bits per heavy atom. The maximum atomic E-state index is 11.8. The normalized spacial score (nSPS) is 14.4.